The van der Waals surface area contributed by atoms with Crippen LogP contribution in [-0.4, -0.2) is 0 Å². The number of hydrogen-bond donors (Lipinski definition) is 1. The van der Waals surface area contributed by atoms with Crippen molar-refractivity contribution in [2.45, 2.75) is 84.0 Å². The lowest BCUT2D eigenvalue weighted by Crippen LogP contribution is -1.81. The summed E-state index contributed by atoms with van der Waals surface area (Å²) >= 11 is 0. The molecule has 0 atom stereocenters. The highest BCUT2D eigenvalue weighted by molar-refractivity contribution is 4.48. The Morgan fingerprint density at radius 1 is 0.600 bits per heavy atom. The molecule has 0 fully saturated rings. The molecule has 15 heavy (non-hydrogen) atoms. The smallest absolute Gasteiger partial charge is 0.0533 e. The van der Waals surface area contributed by atoms with E-state index in [0.717, 1.165) is 6.42 Å². The molecule has 0 bridgehead atoms. The van der Waals surface area contributed by atoms with Gasteiger partial charge in [0, 0.05) is 0 Å². The lowest BCUT2D eigenvalue weighted by Gasteiger charge is -2.01. The molecule has 0 saturated carbocycles. The van der Waals surface area contributed by atoms with E-state index in [9.17, 15) is 0 Å². The van der Waals surface area contributed by atoms with Gasteiger partial charge in [-0.3, -0.25) is 0 Å². The lowest BCUT2D eigenvalue weighted by molar-refractivity contribution is 0.550. The highest BCUT2D eigenvalue weighted by Crippen LogP contribution is 2.11. The van der Waals surface area contributed by atoms with Crippen LogP contribution in [0.1, 0.15) is 84.0 Å². The van der Waals surface area contributed by atoms with Crippen molar-refractivity contribution in [3.8, 4) is 0 Å². The molecule has 0 aliphatic heterocycles. The van der Waals surface area contributed by atoms with Crippen LogP contribution in [-0.2, 0) is 0 Å². The summed E-state index contributed by atoms with van der Waals surface area (Å²) in [4.78, 5) is 0. The Labute approximate surface area is 97.6 Å². The highest BCUT2D eigenvalue weighted by Gasteiger charge is 1.91. The minimum atomic E-state index is 0. The summed E-state index contributed by atoms with van der Waals surface area (Å²) in [6.45, 7) is 6.14. The van der Waals surface area contributed by atoms with Gasteiger partial charge in [0.25, 0.3) is 0 Å². The Morgan fingerprint density at radius 3 is 1.27 bits per heavy atom. The summed E-state index contributed by atoms with van der Waals surface area (Å²) in [7, 11) is 0. The predicted molar refractivity (Wildman–Crippen MR) is 71.5 cm³/mol. The van der Waals surface area contributed by atoms with Gasteiger partial charge < -0.3 is 6.15 Å². The van der Waals surface area contributed by atoms with Crippen molar-refractivity contribution < 1.29 is 0 Å². The predicted octanol–water partition coefficient (Wildman–Crippen LogP) is 5.68. The molecule has 0 rings (SSSR count). The molecule has 3 N–H and O–H groups in total. The third-order valence-electron chi connectivity index (χ3n) is 2.85. The Kier molecular flexibility index (Phi) is 19.0. The fourth-order valence-electron chi connectivity index (χ4n) is 1.84. The third-order valence-corrected chi connectivity index (χ3v) is 2.85. The SMILES string of the molecule is N.[CH2]CCCCCCCCCCCCC. The van der Waals surface area contributed by atoms with Crippen LogP contribution in [0.15, 0.2) is 0 Å². The first-order chi connectivity index (χ1) is 6.91. The van der Waals surface area contributed by atoms with E-state index in [2.05, 4.69) is 13.8 Å². The van der Waals surface area contributed by atoms with Gasteiger partial charge in [0.05, 0.1) is 0 Å². The maximum Gasteiger partial charge on any atom is -0.0533 e. The van der Waals surface area contributed by atoms with Gasteiger partial charge in [0.1, 0.15) is 0 Å². The van der Waals surface area contributed by atoms with Crippen molar-refractivity contribution in [1.29, 1.82) is 0 Å². The largest absolute Gasteiger partial charge is 0.344 e. The van der Waals surface area contributed by atoms with Gasteiger partial charge in [-0.05, 0) is 0 Å². The molecule has 1 heteroatoms. The second kappa shape index (κ2) is 16.4. The molecule has 0 aliphatic carbocycles. The van der Waals surface area contributed by atoms with Crippen molar-refractivity contribution in [3.05, 3.63) is 6.92 Å². The third kappa shape index (κ3) is 16.6. The maximum absolute atomic E-state index is 3.86. The number of hydrogen-bond acceptors (Lipinski definition) is 1. The highest BCUT2D eigenvalue weighted by atomic mass is 14.0. The molecule has 93 valence electrons. The standard InChI is InChI=1S/C14H29.H3N/c1-3-5-7-9-11-13-14-12-10-8-6-4-2;/h1,3-14H2,2H3;1H3. The van der Waals surface area contributed by atoms with Crippen LogP contribution in [0.2, 0.25) is 0 Å². The quantitative estimate of drug-likeness (QED) is 0.441. The Balaban J connectivity index is 0. The van der Waals surface area contributed by atoms with E-state index in [1.165, 1.54) is 70.6 Å². The summed E-state index contributed by atoms with van der Waals surface area (Å²) in [5.74, 6) is 0. The fraction of sp³-hybridized carbons (Fsp3) is 0.929. The van der Waals surface area contributed by atoms with Crippen LogP contribution in [0.3, 0.4) is 0 Å². The molecule has 0 unspecified atom stereocenters. The van der Waals surface area contributed by atoms with E-state index >= 15 is 0 Å². The first-order valence-electron chi connectivity index (χ1n) is 6.71. The van der Waals surface area contributed by atoms with E-state index in [1.54, 1.807) is 0 Å². The molecule has 0 amide bonds. The van der Waals surface area contributed by atoms with Crippen LogP contribution in [0, 0.1) is 6.92 Å². The van der Waals surface area contributed by atoms with E-state index in [-0.39, 0.29) is 6.15 Å². The van der Waals surface area contributed by atoms with Gasteiger partial charge in [-0.2, -0.15) is 0 Å². The second-order valence-electron chi connectivity index (χ2n) is 4.39. The minimum Gasteiger partial charge on any atom is -0.344 e. The van der Waals surface area contributed by atoms with Crippen molar-refractivity contribution >= 4 is 0 Å². The van der Waals surface area contributed by atoms with Gasteiger partial charge in [-0.25, -0.2) is 0 Å². The zero-order valence-corrected chi connectivity index (χ0v) is 10.9. The number of unbranched alkanes of at least 4 members (excludes halogenated alkanes) is 11. The first-order valence-corrected chi connectivity index (χ1v) is 6.71. The summed E-state index contributed by atoms with van der Waals surface area (Å²) in [5.41, 5.74) is 0. The average Bonchev–Trinajstić information content (AvgIpc) is 2.21. The molecule has 0 heterocycles. The molecular weight excluding hydrogens is 182 g/mol. The normalized spacial score (nSPS) is 10.0. The minimum absolute atomic E-state index is 0. The van der Waals surface area contributed by atoms with Crippen molar-refractivity contribution in [2.75, 3.05) is 0 Å². The van der Waals surface area contributed by atoms with Crippen molar-refractivity contribution in [1.82, 2.24) is 6.15 Å². The van der Waals surface area contributed by atoms with Crippen molar-refractivity contribution in [3.63, 3.8) is 0 Å². The molecule has 1 radical (unpaired) electrons. The lowest BCUT2D eigenvalue weighted by atomic mass is 10.1. The van der Waals surface area contributed by atoms with E-state index < -0.39 is 0 Å². The fourth-order valence-corrected chi connectivity index (χ4v) is 1.84. The number of rotatable bonds is 11. The molecule has 0 aliphatic rings. The Bertz CT molecular complexity index is 79.3. The van der Waals surface area contributed by atoms with E-state index in [1.807, 2.05) is 0 Å². The second-order valence-corrected chi connectivity index (χ2v) is 4.39. The summed E-state index contributed by atoms with van der Waals surface area (Å²) < 4.78 is 0. The first kappa shape index (κ1) is 17.4. The van der Waals surface area contributed by atoms with Gasteiger partial charge >= 0.3 is 0 Å². The Morgan fingerprint density at radius 2 is 0.933 bits per heavy atom. The topological polar surface area (TPSA) is 35.0 Å². The zero-order valence-electron chi connectivity index (χ0n) is 10.9. The summed E-state index contributed by atoms with van der Waals surface area (Å²) in [6, 6.07) is 0. The zero-order chi connectivity index (χ0) is 10.5. The van der Waals surface area contributed by atoms with Crippen LogP contribution < -0.4 is 6.15 Å². The monoisotopic (exact) mass is 214 g/mol. The summed E-state index contributed by atoms with van der Waals surface area (Å²) in [6.07, 6.45) is 16.9. The van der Waals surface area contributed by atoms with E-state index in [4.69, 9.17) is 0 Å². The summed E-state index contributed by atoms with van der Waals surface area (Å²) in [5, 5.41) is 0. The molecule has 0 saturated heterocycles. The van der Waals surface area contributed by atoms with E-state index in [0.29, 0.717) is 0 Å². The van der Waals surface area contributed by atoms with Crippen LogP contribution in [0.4, 0.5) is 0 Å². The molecule has 0 aromatic heterocycles. The molecule has 0 spiro atoms. The molecule has 0 aromatic carbocycles. The molecular formula is C14H32N. The average molecular weight is 214 g/mol. The van der Waals surface area contributed by atoms with Gasteiger partial charge in [-0.15, -0.1) is 0 Å². The van der Waals surface area contributed by atoms with Crippen LogP contribution >= 0.6 is 0 Å². The Hall–Kier alpha value is -0.0400. The van der Waals surface area contributed by atoms with Crippen LogP contribution in [0.5, 0.6) is 0 Å². The van der Waals surface area contributed by atoms with Crippen molar-refractivity contribution in [2.24, 2.45) is 0 Å². The van der Waals surface area contributed by atoms with Crippen LogP contribution in [0.25, 0.3) is 0 Å². The van der Waals surface area contributed by atoms with Gasteiger partial charge in [-0.1, -0.05) is 90.9 Å². The van der Waals surface area contributed by atoms with Gasteiger partial charge in [0.15, 0.2) is 0 Å². The molecule has 0 aromatic rings. The molecule has 1 nitrogen and oxygen atoms in total. The van der Waals surface area contributed by atoms with Gasteiger partial charge in [0.2, 0.25) is 0 Å². The maximum atomic E-state index is 3.86.